The van der Waals surface area contributed by atoms with Crippen molar-refractivity contribution in [1.29, 1.82) is 0 Å². The number of benzene rings is 2. The largest absolute Gasteiger partial charge is 0.491 e. The summed E-state index contributed by atoms with van der Waals surface area (Å²) in [5.41, 5.74) is 4.68. The Balaban J connectivity index is 1.85. The normalized spacial score (nSPS) is 15.4. The Kier molecular flexibility index (Phi) is 7.77. The first-order valence-corrected chi connectivity index (χ1v) is 12.4. The molecule has 1 fully saturated rings. The molecule has 0 spiro atoms. The number of ether oxygens (including phenoxy) is 1. The molecule has 0 radical (unpaired) electrons. The SMILES string of the molecule is C/C=C\C=C(/CC)c1cc(C)c2cc(-c3cc(F)ccc3F)cc(OCC3CCCCC3)c2n1. The summed E-state index contributed by atoms with van der Waals surface area (Å²) in [6.45, 7) is 6.76. The Morgan fingerprint density at radius 2 is 1.88 bits per heavy atom. The van der Waals surface area contributed by atoms with Gasteiger partial charge < -0.3 is 4.74 Å². The minimum absolute atomic E-state index is 0.232. The maximum Gasteiger partial charge on any atom is 0.146 e. The first kappa shape index (κ1) is 24.1. The lowest BCUT2D eigenvalue weighted by atomic mass is 9.90. The standard InChI is InChI=1S/C30H33F2NO/c1-4-6-12-22(5-2)28-15-20(3)25-16-23(26-18-24(31)13-14-27(26)32)17-29(30(25)33-28)34-19-21-10-8-7-9-11-21/h4,6,12-18,21H,5,7-11,19H2,1-3H3/b6-4-,22-12+. The lowest BCUT2D eigenvalue weighted by Crippen LogP contribution is -2.15. The summed E-state index contributed by atoms with van der Waals surface area (Å²) in [5.74, 6) is 0.230. The molecular weight excluding hydrogens is 428 g/mol. The molecule has 0 saturated heterocycles. The van der Waals surface area contributed by atoms with E-state index in [2.05, 4.69) is 19.1 Å². The van der Waals surface area contributed by atoms with E-state index in [1.165, 1.54) is 44.2 Å². The Hall–Kier alpha value is -3.01. The molecule has 4 heteroatoms. The Bertz CT molecular complexity index is 1220. The van der Waals surface area contributed by atoms with Gasteiger partial charge in [-0.1, -0.05) is 44.4 Å². The van der Waals surface area contributed by atoms with E-state index in [0.29, 0.717) is 23.8 Å². The summed E-state index contributed by atoms with van der Waals surface area (Å²) in [4.78, 5) is 5.00. The molecule has 1 heterocycles. The average molecular weight is 462 g/mol. The van der Waals surface area contributed by atoms with Crippen molar-refractivity contribution in [3.8, 4) is 16.9 Å². The molecule has 4 rings (SSSR count). The molecule has 178 valence electrons. The fourth-order valence-corrected chi connectivity index (χ4v) is 4.77. The molecule has 0 N–H and O–H groups in total. The second kappa shape index (κ2) is 10.9. The van der Waals surface area contributed by atoms with Gasteiger partial charge in [0.15, 0.2) is 0 Å². The quantitative estimate of drug-likeness (QED) is 0.328. The lowest BCUT2D eigenvalue weighted by molar-refractivity contribution is 0.210. The van der Waals surface area contributed by atoms with Crippen LogP contribution in [0.1, 0.15) is 63.6 Å². The van der Waals surface area contributed by atoms with Crippen LogP contribution in [0.4, 0.5) is 8.78 Å². The van der Waals surface area contributed by atoms with Crippen molar-refractivity contribution in [3.05, 3.63) is 77.5 Å². The third kappa shape index (κ3) is 5.38. The molecule has 3 aromatic rings. The topological polar surface area (TPSA) is 22.1 Å². The number of allylic oxidation sites excluding steroid dienone is 4. The van der Waals surface area contributed by atoms with Crippen LogP contribution in [0.15, 0.2) is 54.6 Å². The highest BCUT2D eigenvalue weighted by Crippen LogP contribution is 2.37. The van der Waals surface area contributed by atoms with Gasteiger partial charge in [0.2, 0.25) is 0 Å². The highest BCUT2D eigenvalue weighted by Gasteiger charge is 2.18. The average Bonchev–Trinajstić information content (AvgIpc) is 2.85. The highest BCUT2D eigenvalue weighted by atomic mass is 19.1. The van der Waals surface area contributed by atoms with Gasteiger partial charge in [0.1, 0.15) is 22.9 Å². The van der Waals surface area contributed by atoms with E-state index in [-0.39, 0.29) is 5.56 Å². The number of rotatable bonds is 7. The number of nitrogens with zero attached hydrogens (tertiary/aromatic N) is 1. The van der Waals surface area contributed by atoms with Crippen LogP contribution in [0.2, 0.25) is 0 Å². The van der Waals surface area contributed by atoms with Crippen LogP contribution in [0.3, 0.4) is 0 Å². The third-order valence-electron chi connectivity index (χ3n) is 6.72. The van der Waals surface area contributed by atoms with Gasteiger partial charge in [-0.3, -0.25) is 0 Å². The van der Waals surface area contributed by atoms with Gasteiger partial charge >= 0.3 is 0 Å². The maximum atomic E-state index is 14.7. The van der Waals surface area contributed by atoms with Crippen LogP contribution in [0.25, 0.3) is 27.6 Å². The predicted molar refractivity (Wildman–Crippen MR) is 137 cm³/mol. The first-order chi connectivity index (χ1) is 16.5. The molecule has 2 nitrogen and oxygen atoms in total. The molecular formula is C30H33F2NO. The minimum atomic E-state index is -0.465. The molecule has 0 unspecified atom stereocenters. The van der Waals surface area contributed by atoms with Gasteiger partial charge in [-0.05, 0) is 92.1 Å². The summed E-state index contributed by atoms with van der Waals surface area (Å²) in [6, 6.07) is 9.34. The van der Waals surface area contributed by atoms with Crippen LogP contribution in [-0.4, -0.2) is 11.6 Å². The molecule has 34 heavy (non-hydrogen) atoms. The monoisotopic (exact) mass is 461 g/mol. The summed E-state index contributed by atoms with van der Waals surface area (Å²) >= 11 is 0. The van der Waals surface area contributed by atoms with Crippen LogP contribution in [0, 0.1) is 24.5 Å². The number of fused-ring (bicyclic) bond motifs is 1. The highest BCUT2D eigenvalue weighted by molar-refractivity contribution is 5.93. The summed E-state index contributed by atoms with van der Waals surface area (Å²) in [6.07, 6.45) is 13.1. The molecule has 1 aliphatic carbocycles. The zero-order valence-corrected chi connectivity index (χ0v) is 20.3. The Labute approximate surface area is 201 Å². The maximum absolute atomic E-state index is 14.7. The second-order valence-corrected chi connectivity index (χ2v) is 9.21. The van der Waals surface area contributed by atoms with Crippen molar-refractivity contribution in [1.82, 2.24) is 4.98 Å². The Morgan fingerprint density at radius 3 is 2.62 bits per heavy atom. The van der Waals surface area contributed by atoms with Crippen molar-refractivity contribution in [2.24, 2.45) is 5.92 Å². The number of hydrogen-bond acceptors (Lipinski definition) is 2. The van der Waals surface area contributed by atoms with Crippen molar-refractivity contribution in [2.45, 2.75) is 59.3 Å². The van der Waals surface area contributed by atoms with Crippen molar-refractivity contribution >= 4 is 16.5 Å². The molecule has 0 aliphatic heterocycles. The number of aryl methyl sites for hydroxylation is 1. The van der Waals surface area contributed by atoms with E-state index in [9.17, 15) is 8.78 Å². The van der Waals surface area contributed by atoms with E-state index in [1.54, 1.807) is 0 Å². The Morgan fingerprint density at radius 1 is 1.09 bits per heavy atom. The van der Waals surface area contributed by atoms with Gasteiger partial charge in [-0.2, -0.15) is 0 Å². The van der Waals surface area contributed by atoms with Gasteiger partial charge in [-0.25, -0.2) is 13.8 Å². The summed E-state index contributed by atoms with van der Waals surface area (Å²) < 4.78 is 35.0. The molecule has 0 amide bonds. The van der Waals surface area contributed by atoms with Crippen molar-refractivity contribution < 1.29 is 13.5 Å². The zero-order chi connectivity index (χ0) is 24.1. The molecule has 1 aromatic heterocycles. The molecule has 1 saturated carbocycles. The number of aromatic nitrogens is 1. The molecule has 2 aromatic carbocycles. The van der Waals surface area contributed by atoms with Gasteiger partial charge in [0.05, 0.1) is 12.3 Å². The fraction of sp³-hybridized carbons (Fsp3) is 0.367. The second-order valence-electron chi connectivity index (χ2n) is 9.21. The number of hydrogen-bond donors (Lipinski definition) is 0. The molecule has 0 atom stereocenters. The van der Waals surface area contributed by atoms with E-state index in [4.69, 9.17) is 9.72 Å². The first-order valence-electron chi connectivity index (χ1n) is 12.4. The van der Waals surface area contributed by atoms with Crippen molar-refractivity contribution in [2.75, 3.05) is 6.61 Å². The van der Waals surface area contributed by atoms with Crippen LogP contribution >= 0.6 is 0 Å². The summed E-state index contributed by atoms with van der Waals surface area (Å²) in [7, 11) is 0. The molecule has 0 bridgehead atoms. The van der Waals surface area contributed by atoms with E-state index in [1.807, 2.05) is 38.1 Å². The van der Waals surface area contributed by atoms with E-state index >= 15 is 0 Å². The van der Waals surface area contributed by atoms with Gasteiger partial charge in [-0.15, -0.1) is 0 Å². The van der Waals surface area contributed by atoms with Gasteiger partial charge in [0.25, 0.3) is 0 Å². The smallest absolute Gasteiger partial charge is 0.146 e. The van der Waals surface area contributed by atoms with E-state index < -0.39 is 11.6 Å². The van der Waals surface area contributed by atoms with Gasteiger partial charge in [0, 0.05) is 10.9 Å². The van der Waals surface area contributed by atoms with Crippen molar-refractivity contribution in [3.63, 3.8) is 0 Å². The number of pyridine rings is 1. The van der Waals surface area contributed by atoms with Crippen LogP contribution in [0.5, 0.6) is 5.75 Å². The van der Waals surface area contributed by atoms with E-state index in [0.717, 1.165) is 40.2 Å². The third-order valence-corrected chi connectivity index (χ3v) is 6.72. The number of halogens is 2. The van der Waals surface area contributed by atoms with Crippen LogP contribution < -0.4 is 4.74 Å². The lowest BCUT2D eigenvalue weighted by Gasteiger charge is -2.22. The predicted octanol–water partition coefficient (Wildman–Crippen LogP) is 8.82. The minimum Gasteiger partial charge on any atom is -0.491 e. The zero-order valence-electron chi connectivity index (χ0n) is 20.3. The molecule has 1 aliphatic rings. The fourth-order valence-electron chi connectivity index (χ4n) is 4.77. The summed E-state index contributed by atoms with van der Waals surface area (Å²) in [5, 5.41) is 0.894. The van der Waals surface area contributed by atoms with Crippen LogP contribution in [-0.2, 0) is 0 Å².